The molecule has 0 saturated carbocycles. The Balaban J connectivity index is 2.58. The molecule has 0 amide bonds. The van der Waals surface area contributed by atoms with Gasteiger partial charge in [-0.05, 0) is 42.9 Å². The number of pyridine rings is 1. The highest BCUT2D eigenvalue weighted by Crippen LogP contribution is 2.26. The molecule has 0 spiro atoms. The van der Waals surface area contributed by atoms with Crippen molar-refractivity contribution < 1.29 is 5.94 Å². The summed E-state index contributed by atoms with van der Waals surface area (Å²) in [4.78, 5) is 0. The molecule has 0 aliphatic rings. The summed E-state index contributed by atoms with van der Waals surface area (Å²) in [6, 6.07) is 12.7. The highest BCUT2D eigenvalue weighted by atomic mass is 14.9. The fourth-order valence-electron chi connectivity index (χ4n) is 2.58. The van der Waals surface area contributed by atoms with Crippen molar-refractivity contribution in [3.63, 3.8) is 0 Å². The summed E-state index contributed by atoms with van der Waals surface area (Å²) < 4.78 is 10.8. The SMILES string of the molecule is [2H]C(CC)(CC)c1cc[n+](C)c(-c2ccccc2C)c1. The lowest BCUT2D eigenvalue weighted by Crippen LogP contribution is -2.31. The minimum Gasteiger partial charge on any atom is -0.201 e. The molecule has 1 heterocycles. The number of aryl methyl sites for hydroxylation is 2. The van der Waals surface area contributed by atoms with Crippen LogP contribution in [0.2, 0.25) is 0 Å². The summed E-state index contributed by atoms with van der Waals surface area (Å²) >= 11 is 0. The Labute approximate surface area is 118 Å². The molecule has 1 aromatic carbocycles. The zero-order valence-electron chi connectivity index (χ0n) is 13.4. The quantitative estimate of drug-likeness (QED) is 0.713. The first kappa shape index (κ1) is 12.4. The molecule has 19 heavy (non-hydrogen) atoms. The first-order valence-corrected chi connectivity index (χ1v) is 7.08. The molecule has 1 nitrogen and oxygen atoms in total. The molecule has 0 unspecified atom stereocenters. The van der Waals surface area contributed by atoms with Gasteiger partial charge in [0.15, 0.2) is 6.20 Å². The predicted molar refractivity (Wildman–Crippen MR) is 81.1 cm³/mol. The van der Waals surface area contributed by atoms with Crippen LogP contribution in [0.4, 0.5) is 0 Å². The number of aromatic nitrogens is 1. The van der Waals surface area contributed by atoms with Crippen LogP contribution in [0, 0.1) is 6.92 Å². The third-order valence-electron chi connectivity index (χ3n) is 3.83. The van der Waals surface area contributed by atoms with Gasteiger partial charge in [-0.2, -0.15) is 0 Å². The van der Waals surface area contributed by atoms with E-state index in [0.717, 1.165) is 18.4 Å². The smallest absolute Gasteiger partial charge is 0.201 e. The number of rotatable bonds is 4. The van der Waals surface area contributed by atoms with Crippen LogP contribution < -0.4 is 4.57 Å². The Morgan fingerprint density at radius 3 is 2.47 bits per heavy atom. The van der Waals surface area contributed by atoms with Crippen molar-refractivity contribution in [3.05, 3.63) is 53.7 Å². The molecule has 2 aromatic rings. The molecule has 1 heteroatoms. The zero-order chi connectivity index (χ0) is 14.8. The van der Waals surface area contributed by atoms with Crippen LogP contribution in [0.1, 0.15) is 45.1 Å². The summed E-state index contributed by atoms with van der Waals surface area (Å²) in [6.07, 6.45) is 3.75. The second-order valence-electron chi connectivity index (χ2n) is 5.04. The number of hydrogen-bond donors (Lipinski definition) is 0. The topological polar surface area (TPSA) is 3.88 Å². The summed E-state index contributed by atoms with van der Waals surface area (Å²) in [5.74, 6) is -0.480. The van der Waals surface area contributed by atoms with E-state index < -0.39 is 5.89 Å². The lowest BCUT2D eigenvalue weighted by atomic mass is 9.93. The third kappa shape index (κ3) is 2.86. The van der Waals surface area contributed by atoms with E-state index in [4.69, 9.17) is 1.37 Å². The Morgan fingerprint density at radius 2 is 1.84 bits per heavy atom. The summed E-state index contributed by atoms with van der Waals surface area (Å²) in [5, 5.41) is 0. The lowest BCUT2D eigenvalue weighted by molar-refractivity contribution is -0.660. The van der Waals surface area contributed by atoms with Crippen molar-refractivity contribution in [2.45, 2.75) is 39.5 Å². The number of hydrogen-bond acceptors (Lipinski definition) is 0. The van der Waals surface area contributed by atoms with Gasteiger partial charge in [0.25, 0.3) is 0 Å². The van der Waals surface area contributed by atoms with Gasteiger partial charge in [0, 0.05) is 19.1 Å². The average Bonchev–Trinajstić information content (AvgIpc) is 2.48. The lowest BCUT2D eigenvalue weighted by Gasteiger charge is -2.13. The molecule has 0 atom stereocenters. The molecular weight excluding hydrogens is 230 g/mol. The molecular formula is C18H24N+. The average molecular weight is 255 g/mol. The molecule has 0 saturated heterocycles. The van der Waals surface area contributed by atoms with E-state index >= 15 is 0 Å². The normalized spacial score (nSPS) is 12.3. The summed E-state index contributed by atoms with van der Waals surface area (Å²) in [6.45, 7) is 6.32. The van der Waals surface area contributed by atoms with Crippen LogP contribution in [-0.4, -0.2) is 0 Å². The summed E-state index contributed by atoms with van der Waals surface area (Å²) in [5.41, 5.74) is 4.80. The largest absolute Gasteiger partial charge is 0.212 e. The van der Waals surface area contributed by atoms with Crippen molar-refractivity contribution in [3.8, 4) is 11.3 Å². The van der Waals surface area contributed by atoms with Gasteiger partial charge in [-0.25, -0.2) is 4.57 Å². The molecule has 2 rings (SSSR count). The summed E-state index contributed by atoms with van der Waals surface area (Å²) in [7, 11) is 2.06. The van der Waals surface area contributed by atoms with E-state index in [9.17, 15) is 0 Å². The van der Waals surface area contributed by atoms with Gasteiger partial charge in [0.1, 0.15) is 7.05 Å². The molecule has 0 N–H and O–H groups in total. The second-order valence-corrected chi connectivity index (χ2v) is 5.04. The van der Waals surface area contributed by atoms with Crippen molar-refractivity contribution >= 4 is 0 Å². The van der Waals surface area contributed by atoms with Crippen LogP contribution in [0.3, 0.4) is 0 Å². The van der Waals surface area contributed by atoms with E-state index in [1.54, 1.807) is 0 Å². The van der Waals surface area contributed by atoms with Gasteiger partial charge in [-0.15, -0.1) is 0 Å². The van der Waals surface area contributed by atoms with E-state index in [0.29, 0.717) is 0 Å². The van der Waals surface area contributed by atoms with E-state index in [-0.39, 0.29) is 0 Å². The van der Waals surface area contributed by atoms with Crippen LogP contribution >= 0.6 is 0 Å². The Kier molecular flexibility index (Phi) is 3.92. The molecule has 0 bridgehead atoms. The second kappa shape index (κ2) is 6.01. The minimum absolute atomic E-state index is 0.480. The van der Waals surface area contributed by atoms with Crippen LogP contribution in [0.25, 0.3) is 11.3 Å². The van der Waals surface area contributed by atoms with Crippen molar-refractivity contribution in [1.82, 2.24) is 0 Å². The minimum atomic E-state index is -0.480. The maximum absolute atomic E-state index is 8.63. The number of benzene rings is 1. The van der Waals surface area contributed by atoms with E-state index in [1.165, 1.54) is 16.8 Å². The molecule has 0 fully saturated rings. The Morgan fingerprint density at radius 1 is 1.16 bits per heavy atom. The van der Waals surface area contributed by atoms with Crippen LogP contribution in [0.5, 0.6) is 0 Å². The number of nitrogens with zero attached hydrogens (tertiary/aromatic N) is 1. The molecule has 0 radical (unpaired) electrons. The van der Waals surface area contributed by atoms with Crippen molar-refractivity contribution in [2.75, 3.05) is 0 Å². The molecule has 1 aromatic heterocycles. The maximum atomic E-state index is 8.63. The fourth-order valence-corrected chi connectivity index (χ4v) is 2.58. The van der Waals surface area contributed by atoms with Crippen LogP contribution in [-0.2, 0) is 7.05 Å². The third-order valence-corrected chi connectivity index (χ3v) is 3.83. The fraction of sp³-hybridized carbons (Fsp3) is 0.389. The molecule has 0 aliphatic heterocycles. The highest BCUT2D eigenvalue weighted by molar-refractivity contribution is 5.61. The first-order valence-electron chi connectivity index (χ1n) is 7.58. The standard InChI is InChI=1S/C18H24N/c1-5-15(6-2)16-11-12-19(4)18(13-16)17-10-8-7-9-14(17)3/h7-13,15H,5-6H2,1-4H3/q+1/i15D. The first-order chi connectivity index (χ1) is 9.51. The van der Waals surface area contributed by atoms with E-state index in [2.05, 4.69) is 75.0 Å². The monoisotopic (exact) mass is 255 g/mol. The van der Waals surface area contributed by atoms with Gasteiger partial charge in [0.2, 0.25) is 5.69 Å². The van der Waals surface area contributed by atoms with E-state index in [1.807, 2.05) is 0 Å². The Hall–Kier alpha value is -1.63. The van der Waals surface area contributed by atoms with Gasteiger partial charge >= 0.3 is 0 Å². The molecule has 0 aliphatic carbocycles. The molecule has 100 valence electrons. The van der Waals surface area contributed by atoms with Crippen LogP contribution in [0.15, 0.2) is 42.6 Å². The zero-order valence-corrected chi connectivity index (χ0v) is 12.4. The van der Waals surface area contributed by atoms with Gasteiger partial charge in [0.05, 0.1) is 0 Å². The predicted octanol–water partition coefficient (Wildman–Crippen LogP) is 4.39. The van der Waals surface area contributed by atoms with Gasteiger partial charge in [-0.3, -0.25) is 0 Å². The van der Waals surface area contributed by atoms with Crippen molar-refractivity contribution in [2.24, 2.45) is 7.05 Å². The highest BCUT2D eigenvalue weighted by Gasteiger charge is 2.15. The maximum Gasteiger partial charge on any atom is 0.212 e. The van der Waals surface area contributed by atoms with Gasteiger partial charge in [-0.1, -0.05) is 32.0 Å². The van der Waals surface area contributed by atoms with Crippen molar-refractivity contribution in [1.29, 1.82) is 0 Å². The Bertz CT molecular complexity index is 600. The van der Waals surface area contributed by atoms with Gasteiger partial charge < -0.3 is 0 Å².